The minimum Gasteiger partial charge on any atom is -0.478 e. The number of rotatable bonds is 7. The molecule has 206 valence electrons. The SMILES string of the molecule is O=c1ccn2c3c(c(F)c(F)cc13)OC(Cc1ccccc1)(CN(c1ccc([N+](=O)[O-])nc1)C1CCCNC1)C2. The van der Waals surface area contributed by atoms with E-state index in [1.54, 1.807) is 16.8 Å². The Morgan fingerprint density at radius 2 is 2.02 bits per heavy atom. The van der Waals surface area contributed by atoms with E-state index >= 15 is 4.39 Å². The minimum absolute atomic E-state index is 0.000967. The van der Waals surface area contributed by atoms with Gasteiger partial charge >= 0.3 is 5.82 Å². The number of hydrogen-bond acceptors (Lipinski definition) is 7. The molecule has 4 aromatic rings. The zero-order valence-electron chi connectivity index (χ0n) is 21.6. The number of aromatic nitrogens is 2. The fourth-order valence-electron chi connectivity index (χ4n) is 5.87. The average molecular weight is 548 g/mol. The molecule has 2 atom stereocenters. The molecule has 0 radical (unpaired) electrons. The summed E-state index contributed by atoms with van der Waals surface area (Å²) in [5.74, 6) is -2.86. The number of ether oxygens (including phenoxy) is 1. The number of halogens is 2. The molecule has 2 unspecified atom stereocenters. The summed E-state index contributed by atoms with van der Waals surface area (Å²) >= 11 is 0. The highest BCUT2D eigenvalue weighted by Crippen LogP contribution is 2.40. The lowest BCUT2D eigenvalue weighted by atomic mass is 9.90. The number of piperidine rings is 1. The van der Waals surface area contributed by atoms with Crippen molar-refractivity contribution in [1.82, 2.24) is 14.9 Å². The van der Waals surface area contributed by atoms with E-state index in [0.29, 0.717) is 18.7 Å². The Hall–Kier alpha value is -4.38. The molecule has 2 aliphatic rings. The van der Waals surface area contributed by atoms with Crippen LogP contribution in [0.2, 0.25) is 0 Å². The van der Waals surface area contributed by atoms with Gasteiger partial charge in [-0.3, -0.25) is 4.79 Å². The van der Waals surface area contributed by atoms with E-state index in [9.17, 15) is 19.3 Å². The zero-order chi connectivity index (χ0) is 27.9. The molecular weight excluding hydrogens is 520 g/mol. The third kappa shape index (κ3) is 4.77. The molecule has 2 aromatic heterocycles. The van der Waals surface area contributed by atoms with Gasteiger partial charge in [0.25, 0.3) is 0 Å². The van der Waals surface area contributed by atoms with Crippen molar-refractivity contribution < 1.29 is 18.4 Å². The van der Waals surface area contributed by atoms with Crippen LogP contribution in [0.25, 0.3) is 10.9 Å². The Labute approximate surface area is 228 Å². The summed E-state index contributed by atoms with van der Waals surface area (Å²) in [6.07, 6.45) is 5.20. The first-order chi connectivity index (χ1) is 19.3. The molecule has 9 nitrogen and oxygen atoms in total. The van der Waals surface area contributed by atoms with Crippen molar-refractivity contribution >= 4 is 22.4 Å². The average Bonchev–Trinajstić information content (AvgIpc) is 2.97. The lowest BCUT2D eigenvalue weighted by Gasteiger charge is -2.46. The van der Waals surface area contributed by atoms with Gasteiger partial charge in [0, 0.05) is 37.3 Å². The molecule has 1 fully saturated rings. The summed E-state index contributed by atoms with van der Waals surface area (Å²) in [6, 6.07) is 14.9. The number of hydrogen-bond donors (Lipinski definition) is 1. The quantitative estimate of drug-likeness (QED) is 0.273. The molecular formula is C29H27F2N5O4. The van der Waals surface area contributed by atoms with Gasteiger partial charge in [0.2, 0.25) is 5.82 Å². The van der Waals surface area contributed by atoms with Gasteiger partial charge in [0.05, 0.1) is 29.7 Å². The molecule has 6 rings (SSSR count). The lowest BCUT2D eigenvalue weighted by Crippen LogP contribution is -2.58. The maximum Gasteiger partial charge on any atom is 0.363 e. The van der Waals surface area contributed by atoms with E-state index in [4.69, 9.17) is 4.74 Å². The van der Waals surface area contributed by atoms with Crippen molar-refractivity contribution in [1.29, 1.82) is 0 Å². The number of pyridine rings is 2. The van der Waals surface area contributed by atoms with Crippen LogP contribution in [0.1, 0.15) is 18.4 Å². The zero-order valence-corrected chi connectivity index (χ0v) is 21.6. The molecule has 11 heteroatoms. The van der Waals surface area contributed by atoms with Crippen LogP contribution in [0, 0.1) is 21.7 Å². The number of nitro groups is 1. The third-order valence-electron chi connectivity index (χ3n) is 7.68. The fourth-order valence-corrected chi connectivity index (χ4v) is 5.87. The van der Waals surface area contributed by atoms with Crippen molar-refractivity contribution in [2.24, 2.45) is 0 Å². The van der Waals surface area contributed by atoms with Gasteiger partial charge in [-0.1, -0.05) is 30.3 Å². The van der Waals surface area contributed by atoms with Gasteiger partial charge in [0.1, 0.15) is 5.60 Å². The Balaban J connectivity index is 1.48. The summed E-state index contributed by atoms with van der Waals surface area (Å²) in [6.45, 7) is 2.05. The van der Waals surface area contributed by atoms with E-state index < -0.39 is 27.6 Å². The maximum atomic E-state index is 15.4. The van der Waals surface area contributed by atoms with Gasteiger partial charge in [-0.2, -0.15) is 4.39 Å². The van der Waals surface area contributed by atoms with Crippen molar-refractivity contribution in [3.8, 4) is 5.75 Å². The van der Waals surface area contributed by atoms with Crippen molar-refractivity contribution in [3.63, 3.8) is 0 Å². The number of nitrogens with zero attached hydrogens (tertiary/aromatic N) is 4. The molecule has 40 heavy (non-hydrogen) atoms. The monoisotopic (exact) mass is 547 g/mol. The highest BCUT2D eigenvalue weighted by Gasteiger charge is 2.43. The predicted molar refractivity (Wildman–Crippen MR) is 146 cm³/mol. The molecule has 0 aliphatic carbocycles. The van der Waals surface area contributed by atoms with E-state index in [-0.39, 0.29) is 41.6 Å². The Morgan fingerprint density at radius 1 is 1.20 bits per heavy atom. The van der Waals surface area contributed by atoms with Crippen LogP contribution in [-0.2, 0) is 13.0 Å². The van der Waals surface area contributed by atoms with Crippen LogP contribution in [0.3, 0.4) is 0 Å². The number of anilines is 1. The van der Waals surface area contributed by atoms with Crippen LogP contribution < -0.4 is 20.4 Å². The lowest BCUT2D eigenvalue weighted by molar-refractivity contribution is -0.389. The van der Waals surface area contributed by atoms with E-state index in [1.807, 2.05) is 30.3 Å². The Morgan fingerprint density at radius 3 is 2.73 bits per heavy atom. The van der Waals surface area contributed by atoms with E-state index in [1.165, 1.54) is 18.3 Å². The van der Waals surface area contributed by atoms with E-state index in [2.05, 4.69) is 15.2 Å². The molecule has 1 N–H and O–H groups in total. The van der Waals surface area contributed by atoms with E-state index in [0.717, 1.165) is 31.0 Å². The highest BCUT2D eigenvalue weighted by atomic mass is 19.2. The van der Waals surface area contributed by atoms with Crippen LogP contribution in [0.5, 0.6) is 5.75 Å². The van der Waals surface area contributed by atoms with Crippen molar-refractivity contribution in [2.45, 2.75) is 37.5 Å². The first-order valence-corrected chi connectivity index (χ1v) is 13.2. The topological polar surface area (TPSA) is 103 Å². The Bertz CT molecular complexity index is 1620. The molecule has 0 amide bonds. The molecule has 1 saturated heterocycles. The Kier molecular flexibility index (Phi) is 6.67. The van der Waals surface area contributed by atoms with Crippen molar-refractivity contribution in [2.75, 3.05) is 24.5 Å². The van der Waals surface area contributed by atoms with Gasteiger partial charge in [0.15, 0.2) is 23.2 Å². The summed E-state index contributed by atoms with van der Waals surface area (Å²) in [5.41, 5.74) is 0.300. The molecule has 4 heterocycles. The summed E-state index contributed by atoms with van der Waals surface area (Å²) < 4.78 is 38.4. The molecule has 2 aliphatic heterocycles. The summed E-state index contributed by atoms with van der Waals surface area (Å²) in [4.78, 5) is 29.4. The van der Waals surface area contributed by atoms with Crippen LogP contribution in [-0.4, -0.2) is 45.8 Å². The predicted octanol–water partition coefficient (Wildman–Crippen LogP) is 4.22. The third-order valence-corrected chi connectivity index (χ3v) is 7.68. The maximum absolute atomic E-state index is 15.4. The second kappa shape index (κ2) is 10.3. The van der Waals surface area contributed by atoms with Gasteiger partial charge in [-0.25, -0.2) is 4.39 Å². The number of benzene rings is 2. The minimum atomic E-state index is -1.15. The molecule has 0 bridgehead atoms. The van der Waals surface area contributed by atoms with Gasteiger partial charge in [-0.15, -0.1) is 0 Å². The molecule has 0 saturated carbocycles. The van der Waals surface area contributed by atoms with Crippen LogP contribution in [0.4, 0.5) is 20.3 Å². The van der Waals surface area contributed by atoms with Crippen LogP contribution >= 0.6 is 0 Å². The second-order valence-corrected chi connectivity index (χ2v) is 10.4. The normalized spacial score (nSPS) is 20.2. The van der Waals surface area contributed by atoms with Crippen LogP contribution in [0.15, 0.2) is 71.8 Å². The standard InChI is InChI=1S/C29H27F2N5O4/c30-23-13-22-24(37)10-12-34-17-29(14-19-5-2-1-3-6-19,40-28(26(23)31)27(22)34)18-35(20-7-4-11-32-15-20)21-8-9-25(33-16-21)36(38)39/h1-3,5-6,8-10,12-13,16,20,32H,4,7,11,14-15,17-18H2. The summed E-state index contributed by atoms with van der Waals surface area (Å²) in [5, 5.41) is 14.7. The fraction of sp³-hybridized carbons (Fsp3) is 0.310. The summed E-state index contributed by atoms with van der Waals surface area (Å²) in [7, 11) is 0. The first-order valence-electron chi connectivity index (χ1n) is 13.2. The highest BCUT2D eigenvalue weighted by molar-refractivity contribution is 5.86. The second-order valence-electron chi connectivity index (χ2n) is 10.4. The molecule has 2 aromatic carbocycles. The molecule has 0 spiro atoms. The first kappa shape index (κ1) is 25.9. The van der Waals surface area contributed by atoms with Crippen molar-refractivity contribution in [3.05, 3.63) is 105 Å². The van der Waals surface area contributed by atoms with Gasteiger partial charge < -0.3 is 29.6 Å². The number of nitrogens with one attached hydrogen (secondary N) is 1. The van der Waals surface area contributed by atoms with Gasteiger partial charge in [-0.05, 0) is 47.0 Å². The smallest absolute Gasteiger partial charge is 0.363 e. The largest absolute Gasteiger partial charge is 0.478 e.